The molecule has 1 aliphatic rings. The van der Waals surface area contributed by atoms with Gasteiger partial charge < -0.3 is 14.6 Å². The zero-order valence-corrected chi connectivity index (χ0v) is 15.8. The van der Waals surface area contributed by atoms with E-state index >= 15 is 0 Å². The quantitative estimate of drug-likeness (QED) is 0.763. The monoisotopic (exact) mass is 396 g/mol. The Hall–Kier alpha value is -1.11. The number of carbonyl (C=O) groups excluding carboxylic acids is 1. The molecule has 1 unspecified atom stereocenters. The zero-order valence-electron chi connectivity index (χ0n) is 13.4. The average Bonchev–Trinajstić information content (AvgIpc) is 3.21. The van der Waals surface area contributed by atoms with Crippen molar-refractivity contribution < 1.29 is 9.53 Å². The second-order valence-electron chi connectivity index (χ2n) is 6.06. The first-order chi connectivity index (χ1) is 11.1. The van der Waals surface area contributed by atoms with Crippen molar-refractivity contribution >= 4 is 43.4 Å². The molecule has 1 atom stereocenters. The number of amides is 1. The number of hydrogen-bond donors (Lipinski definition) is 1. The minimum Gasteiger partial charge on any atom is -0.376 e. The number of carbonyl (C=O) groups is 1. The Labute approximate surface area is 148 Å². The van der Waals surface area contributed by atoms with Gasteiger partial charge in [-0.3, -0.25) is 4.79 Å². The summed E-state index contributed by atoms with van der Waals surface area (Å²) in [6.45, 7) is 6.23. The molecule has 1 fully saturated rings. The summed E-state index contributed by atoms with van der Waals surface area (Å²) in [6.07, 6.45) is 4.41. The van der Waals surface area contributed by atoms with Crippen LogP contribution in [0.5, 0.6) is 0 Å². The predicted octanol–water partition coefficient (Wildman–Crippen LogP) is 4.34. The fourth-order valence-electron chi connectivity index (χ4n) is 2.79. The number of rotatable bonds is 5. The number of thiophene rings is 1. The van der Waals surface area contributed by atoms with Crippen molar-refractivity contribution in [2.75, 3.05) is 13.2 Å². The maximum Gasteiger partial charge on any atom is 0.268 e. The maximum atomic E-state index is 12.6. The van der Waals surface area contributed by atoms with Crippen molar-refractivity contribution in [3.8, 4) is 0 Å². The van der Waals surface area contributed by atoms with Gasteiger partial charge >= 0.3 is 0 Å². The minimum absolute atomic E-state index is 0.0297. The summed E-state index contributed by atoms with van der Waals surface area (Å²) in [4.78, 5) is 12.6. The highest BCUT2D eigenvalue weighted by molar-refractivity contribution is 9.10. The van der Waals surface area contributed by atoms with Crippen LogP contribution < -0.4 is 5.32 Å². The highest BCUT2D eigenvalue weighted by atomic mass is 79.9. The maximum absolute atomic E-state index is 12.6. The number of allylic oxidation sites excluding steroid dienone is 2. The Morgan fingerprint density at radius 3 is 3.09 bits per heavy atom. The lowest BCUT2D eigenvalue weighted by Crippen LogP contribution is -2.33. The van der Waals surface area contributed by atoms with E-state index in [1.165, 1.54) is 5.57 Å². The van der Waals surface area contributed by atoms with Gasteiger partial charge in [0, 0.05) is 25.1 Å². The Morgan fingerprint density at radius 1 is 1.57 bits per heavy atom. The Kier molecular flexibility index (Phi) is 5.24. The number of ether oxygens (including phenoxy) is 1. The number of nitrogens with zero attached hydrogens (tertiary/aromatic N) is 1. The van der Waals surface area contributed by atoms with E-state index in [9.17, 15) is 4.79 Å². The second kappa shape index (κ2) is 7.20. The summed E-state index contributed by atoms with van der Waals surface area (Å²) in [6, 6.07) is 1.98. The first-order valence-corrected chi connectivity index (χ1v) is 9.53. The smallest absolute Gasteiger partial charge is 0.268 e. The van der Waals surface area contributed by atoms with Crippen LogP contribution in [0, 0.1) is 0 Å². The molecule has 4 nitrogen and oxygen atoms in total. The summed E-state index contributed by atoms with van der Waals surface area (Å²) in [5, 5.41) is 5.09. The van der Waals surface area contributed by atoms with E-state index in [0.717, 1.165) is 34.1 Å². The molecule has 23 heavy (non-hydrogen) atoms. The molecule has 0 aliphatic carbocycles. The predicted molar refractivity (Wildman–Crippen MR) is 98.3 cm³/mol. The molecule has 0 bridgehead atoms. The van der Waals surface area contributed by atoms with Gasteiger partial charge in [0.25, 0.3) is 5.91 Å². The molecule has 1 aliphatic heterocycles. The van der Waals surface area contributed by atoms with Crippen LogP contribution in [0.1, 0.15) is 37.2 Å². The fraction of sp³-hybridized carbons (Fsp3) is 0.471. The number of hydrogen-bond acceptors (Lipinski definition) is 3. The van der Waals surface area contributed by atoms with Crippen LogP contribution in [0.2, 0.25) is 0 Å². The summed E-state index contributed by atoms with van der Waals surface area (Å²) in [5.41, 5.74) is 3.04. The molecule has 1 amide bonds. The molecule has 0 aromatic carbocycles. The van der Waals surface area contributed by atoms with Crippen molar-refractivity contribution in [3.63, 3.8) is 0 Å². The summed E-state index contributed by atoms with van der Waals surface area (Å²) in [7, 11) is 0. The molecule has 124 valence electrons. The van der Waals surface area contributed by atoms with Crippen LogP contribution in [0.15, 0.2) is 27.6 Å². The molecule has 3 heterocycles. The SMILES string of the molecule is CC(C)=CCn1c(C(=O)NCC2CCCO2)cc2scc(Br)c21. The fourth-order valence-corrected chi connectivity index (χ4v) is 4.48. The van der Waals surface area contributed by atoms with E-state index in [0.29, 0.717) is 18.8 Å². The van der Waals surface area contributed by atoms with Crippen molar-refractivity contribution in [1.82, 2.24) is 9.88 Å². The highest BCUT2D eigenvalue weighted by Crippen LogP contribution is 2.33. The third-order valence-electron chi connectivity index (χ3n) is 4.01. The van der Waals surface area contributed by atoms with Crippen LogP contribution in [0.4, 0.5) is 0 Å². The third-order valence-corrected chi connectivity index (χ3v) is 5.83. The number of aromatic nitrogens is 1. The van der Waals surface area contributed by atoms with E-state index in [1.807, 2.05) is 6.07 Å². The lowest BCUT2D eigenvalue weighted by molar-refractivity contribution is 0.0851. The third kappa shape index (κ3) is 3.70. The normalized spacial score (nSPS) is 17.6. The number of nitrogens with one attached hydrogen (secondary N) is 1. The van der Waals surface area contributed by atoms with Crippen LogP contribution in [0.3, 0.4) is 0 Å². The van der Waals surface area contributed by atoms with Crippen LogP contribution >= 0.6 is 27.3 Å². The summed E-state index contributed by atoms with van der Waals surface area (Å²) < 4.78 is 9.82. The molecule has 2 aromatic rings. The van der Waals surface area contributed by atoms with E-state index < -0.39 is 0 Å². The molecule has 1 N–H and O–H groups in total. The highest BCUT2D eigenvalue weighted by Gasteiger charge is 2.20. The van der Waals surface area contributed by atoms with Crippen LogP contribution in [-0.2, 0) is 11.3 Å². The Morgan fingerprint density at radius 2 is 2.39 bits per heavy atom. The number of fused-ring (bicyclic) bond motifs is 1. The van der Waals surface area contributed by atoms with E-state index in [4.69, 9.17) is 4.74 Å². The van der Waals surface area contributed by atoms with Gasteiger partial charge in [0.15, 0.2) is 0 Å². The molecular formula is C17H21BrN2O2S. The second-order valence-corrected chi connectivity index (χ2v) is 7.83. The van der Waals surface area contributed by atoms with Gasteiger partial charge in [0.2, 0.25) is 0 Å². The van der Waals surface area contributed by atoms with Crippen molar-refractivity contribution in [1.29, 1.82) is 0 Å². The molecule has 6 heteroatoms. The minimum atomic E-state index is -0.0297. The molecule has 1 saturated heterocycles. The van der Waals surface area contributed by atoms with Gasteiger partial charge in [-0.15, -0.1) is 11.3 Å². The summed E-state index contributed by atoms with van der Waals surface area (Å²) >= 11 is 5.25. The Balaban J connectivity index is 1.84. The first kappa shape index (κ1) is 16.7. The van der Waals surface area contributed by atoms with Crippen molar-refractivity contribution in [2.45, 2.75) is 39.3 Å². The molecule has 3 rings (SSSR count). The zero-order chi connectivity index (χ0) is 16.4. The lowest BCUT2D eigenvalue weighted by atomic mass is 10.2. The molecule has 0 radical (unpaired) electrons. The number of halogens is 1. The lowest BCUT2D eigenvalue weighted by Gasteiger charge is -2.12. The Bertz CT molecular complexity index is 737. The molecule has 0 saturated carbocycles. The molecule has 2 aromatic heterocycles. The topological polar surface area (TPSA) is 43.3 Å². The van der Waals surface area contributed by atoms with Crippen molar-refractivity contribution in [3.05, 3.63) is 33.3 Å². The van der Waals surface area contributed by atoms with E-state index in [2.05, 4.69) is 51.1 Å². The summed E-state index contributed by atoms with van der Waals surface area (Å²) in [5.74, 6) is -0.0297. The van der Waals surface area contributed by atoms with Gasteiger partial charge in [0.05, 0.1) is 20.8 Å². The molecule has 0 spiro atoms. The first-order valence-electron chi connectivity index (χ1n) is 7.85. The van der Waals surface area contributed by atoms with Gasteiger partial charge in [-0.1, -0.05) is 11.6 Å². The largest absolute Gasteiger partial charge is 0.376 e. The van der Waals surface area contributed by atoms with Gasteiger partial charge in [0.1, 0.15) is 5.69 Å². The van der Waals surface area contributed by atoms with Gasteiger partial charge in [-0.05, 0) is 48.7 Å². The van der Waals surface area contributed by atoms with Gasteiger partial charge in [-0.25, -0.2) is 0 Å². The molecular weight excluding hydrogens is 376 g/mol. The van der Waals surface area contributed by atoms with Crippen molar-refractivity contribution in [2.24, 2.45) is 0 Å². The standard InChI is InChI=1S/C17H21BrN2O2S/c1-11(2)5-6-20-14(8-15-16(20)13(18)10-23-15)17(21)19-9-12-4-3-7-22-12/h5,8,10,12H,3-4,6-7,9H2,1-2H3,(H,19,21). The van der Waals surface area contributed by atoms with E-state index in [1.54, 1.807) is 11.3 Å². The van der Waals surface area contributed by atoms with Gasteiger partial charge in [-0.2, -0.15) is 0 Å². The van der Waals surface area contributed by atoms with Crippen LogP contribution in [0.25, 0.3) is 10.2 Å². The van der Waals surface area contributed by atoms with E-state index in [-0.39, 0.29) is 12.0 Å². The van der Waals surface area contributed by atoms with Crippen LogP contribution in [-0.4, -0.2) is 29.7 Å². The average molecular weight is 397 g/mol.